The van der Waals surface area contributed by atoms with Gasteiger partial charge in [-0.1, -0.05) is 0 Å². The molecule has 6 nitrogen and oxygen atoms in total. The number of likely N-dealkylation sites (tertiary alicyclic amines) is 1. The van der Waals surface area contributed by atoms with Gasteiger partial charge in [-0.3, -0.25) is 4.79 Å². The minimum Gasteiger partial charge on any atom is -0.481 e. The van der Waals surface area contributed by atoms with Crippen LogP contribution in [0.3, 0.4) is 0 Å². The zero-order chi connectivity index (χ0) is 15.9. The van der Waals surface area contributed by atoms with Crippen LogP contribution in [0.4, 0.5) is 10.5 Å². The zero-order valence-corrected chi connectivity index (χ0v) is 12.5. The van der Waals surface area contributed by atoms with Crippen molar-refractivity contribution in [1.82, 2.24) is 4.90 Å². The van der Waals surface area contributed by atoms with Gasteiger partial charge < -0.3 is 19.7 Å². The first-order valence-electron chi connectivity index (χ1n) is 7.16. The molecule has 1 atom stereocenters. The Morgan fingerprint density at radius 2 is 2.18 bits per heavy atom. The van der Waals surface area contributed by atoms with E-state index in [0.717, 1.165) is 16.5 Å². The summed E-state index contributed by atoms with van der Waals surface area (Å²) in [6.07, 6.45) is 2.14. The van der Waals surface area contributed by atoms with Gasteiger partial charge in [-0.2, -0.15) is 0 Å². The molecule has 2 N–H and O–H groups in total. The number of urea groups is 1. The number of hydrogen-bond donors (Lipinski definition) is 2. The van der Waals surface area contributed by atoms with Crippen molar-refractivity contribution >= 4 is 28.7 Å². The van der Waals surface area contributed by atoms with Crippen LogP contribution in [0.2, 0.25) is 0 Å². The number of hydrogen-bond acceptors (Lipinski definition) is 3. The van der Waals surface area contributed by atoms with E-state index < -0.39 is 11.4 Å². The summed E-state index contributed by atoms with van der Waals surface area (Å²) in [7, 11) is 0. The largest absolute Gasteiger partial charge is 0.481 e. The van der Waals surface area contributed by atoms with E-state index in [-0.39, 0.29) is 12.6 Å². The summed E-state index contributed by atoms with van der Waals surface area (Å²) in [5.41, 5.74) is 1.59. The van der Waals surface area contributed by atoms with Crippen molar-refractivity contribution in [2.24, 2.45) is 5.41 Å². The van der Waals surface area contributed by atoms with E-state index in [4.69, 9.17) is 4.42 Å². The number of rotatable bonds is 2. The number of carbonyl (C=O) groups excluding carboxylic acids is 1. The van der Waals surface area contributed by atoms with Crippen LogP contribution in [0.1, 0.15) is 18.9 Å². The maximum absolute atomic E-state index is 12.3. The lowest BCUT2D eigenvalue weighted by molar-refractivity contribution is -0.146. The number of carboxylic acid groups (broad SMARTS) is 1. The van der Waals surface area contributed by atoms with E-state index in [2.05, 4.69) is 5.32 Å². The molecule has 22 heavy (non-hydrogen) atoms. The van der Waals surface area contributed by atoms with Gasteiger partial charge >= 0.3 is 12.0 Å². The van der Waals surface area contributed by atoms with Gasteiger partial charge in [0.05, 0.1) is 11.7 Å². The van der Waals surface area contributed by atoms with E-state index in [1.807, 2.05) is 19.1 Å². The lowest BCUT2D eigenvalue weighted by atomic mass is 9.90. The lowest BCUT2D eigenvalue weighted by Crippen LogP contribution is -2.37. The number of carboxylic acids is 1. The van der Waals surface area contributed by atoms with Crippen molar-refractivity contribution in [2.45, 2.75) is 20.3 Å². The van der Waals surface area contributed by atoms with Crippen molar-refractivity contribution in [1.29, 1.82) is 0 Å². The zero-order valence-electron chi connectivity index (χ0n) is 12.5. The Morgan fingerprint density at radius 3 is 2.86 bits per heavy atom. The van der Waals surface area contributed by atoms with Crippen LogP contribution >= 0.6 is 0 Å². The number of anilines is 1. The summed E-state index contributed by atoms with van der Waals surface area (Å²) in [5, 5.41) is 13.0. The van der Waals surface area contributed by atoms with Crippen LogP contribution in [0, 0.1) is 12.3 Å². The number of furan rings is 1. The second-order valence-electron chi connectivity index (χ2n) is 6.10. The van der Waals surface area contributed by atoms with Crippen molar-refractivity contribution in [3.63, 3.8) is 0 Å². The number of aliphatic carboxylic acids is 1. The fourth-order valence-corrected chi connectivity index (χ4v) is 2.75. The second-order valence-corrected chi connectivity index (χ2v) is 6.10. The fourth-order valence-electron chi connectivity index (χ4n) is 2.75. The summed E-state index contributed by atoms with van der Waals surface area (Å²) in [4.78, 5) is 25.1. The number of amides is 2. The number of nitrogens with zero attached hydrogens (tertiary/aromatic N) is 1. The molecule has 1 saturated heterocycles. The molecule has 0 saturated carbocycles. The molecular weight excluding hydrogens is 284 g/mol. The monoisotopic (exact) mass is 302 g/mol. The van der Waals surface area contributed by atoms with Crippen molar-refractivity contribution in [2.75, 3.05) is 18.4 Å². The normalized spacial score (nSPS) is 21.3. The Hall–Kier alpha value is -2.50. The molecule has 1 aromatic carbocycles. The second kappa shape index (κ2) is 5.05. The third-order valence-corrected chi connectivity index (χ3v) is 4.30. The maximum atomic E-state index is 12.3. The highest BCUT2D eigenvalue weighted by Gasteiger charge is 2.42. The Kier molecular flexibility index (Phi) is 3.31. The molecular formula is C16H18N2O4. The number of carbonyl (C=O) groups is 2. The Balaban J connectivity index is 1.73. The maximum Gasteiger partial charge on any atom is 0.321 e. The van der Waals surface area contributed by atoms with Gasteiger partial charge in [-0.15, -0.1) is 0 Å². The Labute approximate surface area is 127 Å². The molecule has 3 rings (SSSR count). The molecule has 2 amide bonds. The van der Waals surface area contributed by atoms with Crippen molar-refractivity contribution in [3.8, 4) is 0 Å². The molecule has 0 radical (unpaired) electrons. The van der Waals surface area contributed by atoms with Crippen molar-refractivity contribution in [3.05, 3.63) is 30.0 Å². The summed E-state index contributed by atoms with van der Waals surface area (Å²) in [6.45, 7) is 4.28. The van der Waals surface area contributed by atoms with E-state index in [1.54, 1.807) is 24.2 Å². The molecule has 2 aromatic rings. The molecule has 0 aliphatic carbocycles. The molecule has 1 fully saturated rings. The van der Waals surface area contributed by atoms with Gasteiger partial charge in [0.2, 0.25) is 0 Å². The van der Waals surface area contributed by atoms with E-state index in [1.165, 1.54) is 0 Å². The van der Waals surface area contributed by atoms with Crippen LogP contribution < -0.4 is 5.32 Å². The number of benzene rings is 1. The third kappa shape index (κ3) is 2.41. The van der Waals surface area contributed by atoms with Crippen LogP contribution in [-0.2, 0) is 4.79 Å². The van der Waals surface area contributed by atoms with Crippen molar-refractivity contribution < 1.29 is 19.1 Å². The molecule has 1 aliphatic rings. The van der Waals surface area contributed by atoms with E-state index in [9.17, 15) is 14.7 Å². The molecule has 1 unspecified atom stereocenters. The highest BCUT2D eigenvalue weighted by Crippen LogP contribution is 2.31. The lowest BCUT2D eigenvalue weighted by Gasteiger charge is -2.20. The summed E-state index contributed by atoms with van der Waals surface area (Å²) in [5.74, 6) is -0.863. The number of aryl methyl sites for hydroxylation is 1. The standard InChI is InChI=1S/C16H18N2O4/c1-10-8-22-13-4-3-11(7-12(10)13)17-15(21)18-6-5-16(2,9-18)14(19)20/h3-4,7-8H,5-6,9H2,1-2H3,(H,17,21)(H,19,20). The summed E-state index contributed by atoms with van der Waals surface area (Å²) < 4.78 is 5.37. The molecule has 0 bridgehead atoms. The minimum absolute atomic E-state index is 0.223. The van der Waals surface area contributed by atoms with Gasteiger partial charge in [0.15, 0.2) is 0 Å². The molecule has 2 heterocycles. The van der Waals surface area contributed by atoms with Gasteiger partial charge in [0, 0.05) is 24.2 Å². The Bertz CT molecular complexity index is 752. The van der Waals surface area contributed by atoms with E-state index in [0.29, 0.717) is 18.7 Å². The van der Waals surface area contributed by atoms with Crippen LogP contribution in [0.25, 0.3) is 11.0 Å². The predicted molar refractivity (Wildman–Crippen MR) is 81.9 cm³/mol. The first-order valence-corrected chi connectivity index (χ1v) is 7.16. The SMILES string of the molecule is Cc1coc2ccc(NC(=O)N3CCC(C)(C(=O)O)C3)cc12. The van der Waals surface area contributed by atoms with E-state index >= 15 is 0 Å². The summed E-state index contributed by atoms with van der Waals surface area (Å²) in [6, 6.07) is 5.17. The highest BCUT2D eigenvalue weighted by atomic mass is 16.4. The van der Waals surface area contributed by atoms with Gasteiger partial charge in [0.25, 0.3) is 0 Å². The molecule has 0 spiro atoms. The van der Waals surface area contributed by atoms with Gasteiger partial charge in [-0.25, -0.2) is 4.79 Å². The Morgan fingerprint density at radius 1 is 1.41 bits per heavy atom. The quantitative estimate of drug-likeness (QED) is 0.893. The molecule has 1 aromatic heterocycles. The number of fused-ring (bicyclic) bond motifs is 1. The van der Waals surface area contributed by atoms with Gasteiger partial charge in [-0.05, 0) is 44.0 Å². The average molecular weight is 302 g/mol. The van der Waals surface area contributed by atoms with Crippen LogP contribution in [0.15, 0.2) is 28.9 Å². The predicted octanol–water partition coefficient (Wildman–Crippen LogP) is 3.07. The van der Waals surface area contributed by atoms with Crippen LogP contribution in [-0.4, -0.2) is 35.1 Å². The summed E-state index contributed by atoms with van der Waals surface area (Å²) >= 11 is 0. The van der Waals surface area contributed by atoms with Crippen LogP contribution in [0.5, 0.6) is 0 Å². The first kappa shape index (κ1) is 14.4. The minimum atomic E-state index is -0.863. The fraction of sp³-hybridized carbons (Fsp3) is 0.375. The number of nitrogens with one attached hydrogen (secondary N) is 1. The molecule has 6 heteroatoms. The topological polar surface area (TPSA) is 82.8 Å². The first-order chi connectivity index (χ1) is 10.4. The smallest absolute Gasteiger partial charge is 0.321 e. The average Bonchev–Trinajstić information content (AvgIpc) is 3.04. The molecule has 116 valence electrons. The third-order valence-electron chi connectivity index (χ3n) is 4.30. The molecule has 1 aliphatic heterocycles. The van der Waals surface area contributed by atoms with Gasteiger partial charge in [0.1, 0.15) is 5.58 Å². The highest BCUT2D eigenvalue weighted by molar-refractivity contribution is 5.93.